The monoisotopic (exact) mass is 341 g/mol. The van der Waals surface area contributed by atoms with Crippen LogP contribution in [0.25, 0.3) is 0 Å². The molecule has 2 atom stereocenters. The highest BCUT2D eigenvalue weighted by atomic mass is 16.2. The van der Waals surface area contributed by atoms with Crippen LogP contribution in [0.5, 0.6) is 0 Å². The molecule has 0 radical (unpaired) electrons. The van der Waals surface area contributed by atoms with E-state index in [1.165, 1.54) is 11.1 Å². The SMILES string of the molecule is CC(C)NC(=O)[C@@H]1C[C@H](N)CN1Cc1ccccc1Cn1cccn1. The summed E-state index contributed by atoms with van der Waals surface area (Å²) in [7, 11) is 0. The van der Waals surface area contributed by atoms with Crippen molar-refractivity contribution in [2.24, 2.45) is 5.73 Å². The molecule has 0 aliphatic carbocycles. The van der Waals surface area contributed by atoms with Crippen molar-refractivity contribution < 1.29 is 4.79 Å². The summed E-state index contributed by atoms with van der Waals surface area (Å²) in [6.07, 6.45) is 4.45. The van der Waals surface area contributed by atoms with Crippen LogP contribution in [0.1, 0.15) is 31.4 Å². The molecule has 3 N–H and O–H groups in total. The zero-order chi connectivity index (χ0) is 17.8. The van der Waals surface area contributed by atoms with Gasteiger partial charge in [0.15, 0.2) is 0 Å². The number of carbonyl (C=O) groups excluding carboxylic acids is 1. The number of carbonyl (C=O) groups is 1. The van der Waals surface area contributed by atoms with Crippen LogP contribution in [0.15, 0.2) is 42.7 Å². The van der Waals surface area contributed by atoms with Gasteiger partial charge in [-0.2, -0.15) is 5.10 Å². The lowest BCUT2D eigenvalue weighted by molar-refractivity contribution is -0.126. The molecule has 1 saturated heterocycles. The largest absolute Gasteiger partial charge is 0.353 e. The average Bonchev–Trinajstić information content (AvgIpc) is 3.18. The van der Waals surface area contributed by atoms with Crippen molar-refractivity contribution in [3.05, 3.63) is 53.9 Å². The van der Waals surface area contributed by atoms with Crippen LogP contribution in [0.4, 0.5) is 0 Å². The topological polar surface area (TPSA) is 76.2 Å². The second kappa shape index (κ2) is 7.80. The van der Waals surface area contributed by atoms with Gasteiger partial charge in [-0.1, -0.05) is 24.3 Å². The molecule has 0 bridgehead atoms. The third kappa shape index (κ3) is 4.46. The summed E-state index contributed by atoms with van der Waals surface area (Å²) >= 11 is 0. The van der Waals surface area contributed by atoms with E-state index in [4.69, 9.17) is 5.73 Å². The fraction of sp³-hybridized carbons (Fsp3) is 0.474. The predicted molar refractivity (Wildman–Crippen MR) is 97.8 cm³/mol. The Hall–Kier alpha value is -2.18. The molecule has 1 aliphatic heterocycles. The van der Waals surface area contributed by atoms with Crippen molar-refractivity contribution >= 4 is 5.91 Å². The molecule has 1 amide bonds. The molecule has 6 heteroatoms. The first-order valence-corrected chi connectivity index (χ1v) is 8.87. The highest BCUT2D eigenvalue weighted by Gasteiger charge is 2.35. The molecule has 2 aromatic rings. The van der Waals surface area contributed by atoms with E-state index in [0.717, 1.165) is 19.6 Å². The van der Waals surface area contributed by atoms with Crippen molar-refractivity contribution in [2.45, 2.75) is 51.5 Å². The Morgan fingerprint density at radius 1 is 1.28 bits per heavy atom. The first-order chi connectivity index (χ1) is 12.0. The fourth-order valence-corrected chi connectivity index (χ4v) is 3.42. The number of nitrogens with zero attached hydrogens (tertiary/aromatic N) is 3. The van der Waals surface area contributed by atoms with E-state index in [9.17, 15) is 4.79 Å². The molecule has 6 nitrogen and oxygen atoms in total. The Balaban J connectivity index is 1.75. The summed E-state index contributed by atoms with van der Waals surface area (Å²) in [5.74, 6) is 0.0764. The van der Waals surface area contributed by atoms with Gasteiger partial charge in [0.2, 0.25) is 5.91 Å². The van der Waals surface area contributed by atoms with Gasteiger partial charge in [-0.25, -0.2) is 0 Å². The van der Waals surface area contributed by atoms with Gasteiger partial charge in [0.25, 0.3) is 0 Å². The van der Waals surface area contributed by atoms with Gasteiger partial charge >= 0.3 is 0 Å². The van der Waals surface area contributed by atoms with Gasteiger partial charge in [0, 0.05) is 37.6 Å². The maximum Gasteiger partial charge on any atom is 0.237 e. The summed E-state index contributed by atoms with van der Waals surface area (Å²) in [6, 6.07) is 10.3. The molecule has 1 aromatic heterocycles. The van der Waals surface area contributed by atoms with Crippen LogP contribution >= 0.6 is 0 Å². The standard InChI is InChI=1S/C19H27N5O/c1-14(2)22-19(25)18-10-17(20)13-23(18)11-15-6-3-4-7-16(15)12-24-9-5-8-21-24/h3-9,14,17-18H,10-13,20H2,1-2H3,(H,22,25)/t17-,18-/m0/s1. The van der Waals surface area contributed by atoms with Gasteiger partial charge < -0.3 is 11.1 Å². The lowest BCUT2D eigenvalue weighted by Gasteiger charge is -2.25. The van der Waals surface area contributed by atoms with E-state index < -0.39 is 0 Å². The van der Waals surface area contributed by atoms with Gasteiger partial charge in [-0.3, -0.25) is 14.4 Å². The first-order valence-electron chi connectivity index (χ1n) is 8.87. The number of aromatic nitrogens is 2. The van der Waals surface area contributed by atoms with E-state index in [2.05, 4.69) is 27.4 Å². The minimum Gasteiger partial charge on any atom is -0.353 e. The van der Waals surface area contributed by atoms with Crippen LogP contribution in [0, 0.1) is 0 Å². The number of likely N-dealkylation sites (tertiary alicyclic amines) is 1. The zero-order valence-corrected chi connectivity index (χ0v) is 14.9. The van der Waals surface area contributed by atoms with Crippen LogP contribution in [-0.2, 0) is 17.9 Å². The van der Waals surface area contributed by atoms with Gasteiger partial charge in [0.1, 0.15) is 0 Å². The molecule has 2 heterocycles. The number of nitrogens with one attached hydrogen (secondary N) is 1. The highest BCUT2D eigenvalue weighted by molar-refractivity contribution is 5.82. The van der Waals surface area contributed by atoms with Crippen molar-refractivity contribution in [2.75, 3.05) is 6.54 Å². The zero-order valence-electron chi connectivity index (χ0n) is 14.9. The highest BCUT2D eigenvalue weighted by Crippen LogP contribution is 2.22. The molecule has 0 spiro atoms. The summed E-state index contributed by atoms with van der Waals surface area (Å²) in [5.41, 5.74) is 8.58. The number of hydrogen-bond donors (Lipinski definition) is 2. The molecule has 1 aromatic carbocycles. The Labute approximate surface area is 149 Å². The number of rotatable bonds is 6. The second-order valence-electron chi connectivity index (χ2n) is 7.08. The van der Waals surface area contributed by atoms with Crippen molar-refractivity contribution in [1.82, 2.24) is 20.0 Å². The minimum atomic E-state index is -0.157. The molecule has 1 fully saturated rings. The third-order valence-electron chi connectivity index (χ3n) is 4.55. The number of hydrogen-bond acceptors (Lipinski definition) is 4. The quantitative estimate of drug-likeness (QED) is 0.832. The lowest BCUT2D eigenvalue weighted by atomic mass is 10.1. The van der Waals surface area contributed by atoms with E-state index >= 15 is 0 Å². The molecule has 0 saturated carbocycles. The van der Waals surface area contributed by atoms with Crippen LogP contribution < -0.4 is 11.1 Å². The van der Waals surface area contributed by atoms with Crippen LogP contribution in [0.2, 0.25) is 0 Å². The minimum absolute atomic E-state index is 0.0428. The number of nitrogens with two attached hydrogens (primary N) is 1. The molecular formula is C19H27N5O. The summed E-state index contributed by atoms with van der Waals surface area (Å²) < 4.78 is 1.91. The van der Waals surface area contributed by atoms with E-state index in [-0.39, 0.29) is 24.0 Å². The lowest BCUT2D eigenvalue weighted by Crippen LogP contribution is -2.45. The average molecular weight is 341 g/mol. The van der Waals surface area contributed by atoms with Crippen LogP contribution in [-0.4, -0.2) is 45.3 Å². The molecule has 25 heavy (non-hydrogen) atoms. The van der Waals surface area contributed by atoms with Crippen molar-refractivity contribution in [1.29, 1.82) is 0 Å². The predicted octanol–water partition coefficient (Wildman–Crippen LogP) is 1.36. The molecular weight excluding hydrogens is 314 g/mol. The molecule has 134 valence electrons. The third-order valence-corrected chi connectivity index (χ3v) is 4.55. The molecule has 3 rings (SSSR count). The molecule has 0 unspecified atom stereocenters. The number of benzene rings is 1. The normalized spacial score (nSPS) is 21.0. The Bertz CT molecular complexity index is 698. The fourth-order valence-electron chi connectivity index (χ4n) is 3.42. The smallest absolute Gasteiger partial charge is 0.237 e. The first kappa shape index (κ1) is 17.6. The van der Waals surface area contributed by atoms with Crippen molar-refractivity contribution in [3.63, 3.8) is 0 Å². The maximum absolute atomic E-state index is 12.5. The summed E-state index contributed by atoms with van der Waals surface area (Å²) in [6.45, 7) is 6.16. The summed E-state index contributed by atoms with van der Waals surface area (Å²) in [4.78, 5) is 14.7. The van der Waals surface area contributed by atoms with Gasteiger partial charge in [-0.15, -0.1) is 0 Å². The Morgan fingerprint density at radius 2 is 2.00 bits per heavy atom. The summed E-state index contributed by atoms with van der Waals surface area (Å²) in [5, 5.41) is 7.31. The Morgan fingerprint density at radius 3 is 2.64 bits per heavy atom. The Kier molecular flexibility index (Phi) is 5.50. The second-order valence-corrected chi connectivity index (χ2v) is 7.08. The number of amides is 1. The van der Waals surface area contributed by atoms with Gasteiger partial charge in [-0.05, 0) is 37.5 Å². The van der Waals surface area contributed by atoms with Gasteiger partial charge in [0.05, 0.1) is 12.6 Å². The van der Waals surface area contributed by atoms with E-state index in [0.29, 0.717) is 6.42 Å². The molecule has 1 aliphatic rings. The maximum atomic E-state index is 12.5. The van der Waals surface area contributed by atoms with Crippen molar-refractivity contribution in [3.8, 4) is 0 Å². The van der Waals surface area contributed by atoms with Crippen LogP contribution in [0.3, 0.4) is 0 Å². The van der Waals surface area contributed by atoms with E-state index in [1.807, 2.05) is 42.9 Å². The van der Waals surface area contributed by atoms with E-state index in [1.54, 1.807) is 6.20 Å².